The van der Waals surface area contributed by atoms with Crippen LogP contribution in [0.25, 0.3) is 10.9 Å². The molecule has 0 saturated heterocycles. The van der Waals surface area contributed by atoms with Crippen LogP contribution in [0.15, 0.2) is 24.3 Å². The molecule has 2 N–H and O–H groups in total. The predicted molar refractivity (Wildman–Crippen MR) is 83.5 cm³/mol. The molecular formula is C16H21N3O3. The van der Waals surface area contributed by atoms with E-state index in [1.807, 2.05) is 18.2 Å². The molecule has 0 spiro atoms. The summed E-state index contributed by atoms with van der Waals surface area (Å²) in [6.07, 6.45) is 4.35. The van der Waals surface area contributed by atoms with Crippen LogP contribution in [0.3, 0.4) is 0 Å². The van der Waals surface area contributed by atoms with Gasteiger partial charge in [-0.1, -0.05) is 44.4 Å². The van der Waals surface area contributed by atoms with Gasteiger partial charge in [0.15, 0.2) is 12.3 Å². The number of rotatable bonds is 8. The number of para-hydroxylation sites is 1. The van der Waals surface area contributed by atoms with Crippen molar-refractivity contribution in [3.63, 3.8) is 0 Å². The molecule has 6 nitrogen and oxygen atoms in total. The zero-order chi connectivity index (χ0) is 15.8. The number of H-pyrrole nitrogens is 1. The lowest BCUT2D eigenvalue weighted by Gasteiger charge is -2.05. The van der Waals surface area contributed by atoms with Crippen molar-refractivity contribution in [1.29, 1.82) is 0 Å². The molecule has 0 radical (unpaired) electrons. The predicted octanol–water partition coefficient (Wildman–Crippen LogP) is 2.42. The Kier molecular flexibility index (Phi) is 5.94. The van der Waals surface area contributed by atoms with Crippen molar-refractivity contribution in [3.05, 3.63) is 30.0 Å². The molecule has 0 saturated carbocycles. The largest absolute Gasteiger partial charge is 0.451 e. The van der Waals surface area contributed by atoms with Gasteiger partial charge in [-0.25, -0.2) is 4.79 Å². The van der Waals surface area contributed by atoms with Gasteiger partial charge in [0, 0.05) is 11.9 Å². The normalized spacial score (nSPS) is 10.6. The smallest absolute Gasteiger partial charge is 0.359 e. The molecule has 2 aromatic rings. The number of hydrogen-bond donors (Lipinski definition) is 2. The topological polar surface area (TPSA) is 84.1 Å². The number of aromatic nitrogens is 2. The minimum absolute atomic E-state index is 0.200. The van der Waals surface area contributed by atoms with Crippen LogP contribution < -0.4 is 5.32 Å². The Morgan fingerprint density at radius 3 is 2.86 bits per heavy atom. The van der Waals surface area contributed by atoms with E-state index in [0.717, 1.165) is 31.2 Å². The highest BCUT2D eigenvalue weighted by Crippen LogP contribution is 2.15. The van der Waals surface area contributed by atoms with E-state index < -0.39 is 5.97 Å². The minimum atomic E-state index is -0.599. The summed E-state index contributed by atoms with van der Waals surface area (Å²) >= 11 is 0. The number of fused-ring (bicyclic) bond motifs is 1. The van der Waals surface area contributed by atoms with Crippen molar-refractivity contribution in [1.82, 2.24) is 15.5 Å². The SMILES string of the molecule is CCCCCCNC(=O)COC(=O)c1n[nH]c2ccccc12. The molecule has 0 atom stereocenters. The first-order valence-electron chi connectivity index (χ1n) is 7.59. The number of nitrogens with one attached hydrogen (secondary N) is 2. The summed E-state index contributed by atoms with van der Waals surface area (Å²) in [4.78, 5) is 23.6. The molecule has 22 heavy (non-hydrogen) atoms. The Hall–Kier alpha value is -2.37. The number of benzene rings is 1. The molecule has 0 bridgehead atoms. The van der Waals surface area contributed by atoms with E-state index in [1.165, 1.54) is 0 Å². The van der Waals surface area contributed by atoms with Crippen LogP contribution >= 0.6 is 0 Å². The summed E-state index contributed by atoms with van der Waals surface area (Å²) in [7, 11) is 0. The van der Waals surface area contributed by atoms with Crippen LogP contribution in [0.4, 0.5) is 0 Å². The maximum atomic E-state index is 12.0. The van der Waals surface area contributed by atoms with Crippen LogP contribution in [-0.4, -0.2) is 35.2 Å². The zero-order valence-corrected chi connectivity index (χ0v) is 12.7. The molecule has 2 rings (SSSR count). The number of nitrogens with zero attached hydrogens (tertiary/aromatic N) is 1. The van der Waals surface area contributed by atoms with Crippen molar-refractivity contribution >= 4 is 22.8 Å². The number of amides is 1. The van der Waals surface area contributed by atoms with Crippen molar-refractivity contribution in [3.8, 4) is 0 Å². The molecule has 1 aromatic carbocycles. The fourth-order valence-electron chi connectivity index (χ4n) is 2.15. The molecule has 6 heteroatoms. The Bertz CT molecular complexity index is 636. The van der Waals surface area contributed by atoms with Crippen LogP contribution in [0.1, 0.15) is 43.1 Å². The van der Waals surface area contributed by atoms with Gasteiger partial charge >= 0.3 is 5.97 Å². The number of carbonyl (C=O) groups excluding carboxylic acids is 2. The van der Waals surface area contributed by atoms with Gasteiger partial charge in [0.25, 0.3) is 5.91 Å². The standard InChI is InChI=1S/C16H21N3O3/c1-2-3-4-7-10-17-14(20)11-22-16(21)15-12-8-5-6-9-13(12)18-19-15/h5-6,8-9H,2-4,7,10-11H2,1H3,(H,17,20)(H,18,19). The molecule has 1 aromatic heterocycles. The van der Waals surface area contributed by atoms with E-state index in [-0.39, 0.29) is 18.2 Å². The lowest BCUT2D eigenvalue weighted by atomic mass is 10.2. The molecule has 0 aliphatic rings. The summed E-state index contributed by atoms with van der Waals surface area (Å²) in [6, 6.07) is 7.27. The second-order valence-electron chi connectivity index (χ2n) is 5.10. The van der Waals surface area contributed by atoms with E-state index in [2.05, 4.69) is 22.4 Å². The maximum Gasteiger partial charge on any atom is 0.359 e. The molecule has 0 aliphatic heterocycles. The zero-order valence-electron chi connectivity index (χ0n) is 12.7. The van der Waals surface area contributed by atoms with Crippen molar-refractivity contribution in [2.75, 3.05) is 13.2 Å². The first-order valence-corrected chi connectivity index (χ1v) is 7.59. The Morgan fingerprint density at radius 2 is 2.05 bits per heavy atom. The van der Waals surface area contributed by atoms with Gasteiger partial charge in [0.2, 0.25) is 0 Å². The number of esters is 1. The molecule has 118 valence electrons. The van der Waals surface area contributed by atoms with Crippen molar-refractivity contribution in [2.24, 2.45) is 0 Å². The summed E-state index contributed by atoms with van der Waals surface area (Å²) < 4.78 is 5.00. The first-order chi connectivity index (χ1) is 10.7. The molecule has 0 fully saturated rings. The minimum Gasteiger partial charge on any atom is -0.451 e. The van der Waals surface area contributed by atoms with Gasteiger partial charge in [0.1, 0.15) is 0 Å². The summed E-state index contributed by atoms with van der Waals surface area (Å²) in [5.41, 5.74) is 0.959. The number of ether oxygens (including phenoxy) is 1. The maximum absolute atomic E-state index is 12.0. The monoisotopic (exact) mass is 303 g/mol. The number of aromatic amines is 1. The Labute approximate surface area is 129 Å². The summed E-state index contributed by atoms with van der Waals surface area (Å²) in [6.45, 7) is 2.46. The highest BCUT2D eigenvalue weighted by molar-refractivity contribution is 6.02. The third-order valence-corrected chi connectivity index (χ3v) is 3.35. The van der Waals surface area contributed by atoms with E-state index >= 15 is 0 Å². The number of unbranched alkanes of at least 4 members (excludes halogenated alkanes) is 3. The van der Waals surface area contributed by atoms with Crippen molar-refractivity contribution in [2.45, 2.75) is 32.6 Å². The lowest BCUT2D eigenvalue weighted by molar-refractivity contribution is -0.124. The first kappa shape index (κ1) is 16.0. The fourth-order valence-corrected chi connectivity index (χ4v) is 2.15. The highest BCUT2D eigenvalue weighted by Gasteiger charge is 2.16. The molecule has 0 unspecified atom stereocenters. The average Bonchev–Trinajstić information content (AvgIpc) is 2.96. The lowest BCUT2D eigenvalue weighted by Crippen LogP contribution is -2.29. The molecule has 1 heterocycles. The fraction of sp³-hybridized carbons (Fsp3) is 0.438. The number of hydrogen-bond acceptors (Lipinski definition) is 4. The van der Waals surface area contributed by atoms with Crippen LogP contribution in [0.2, 0.25) is 0 Å². The van der Waals surface area contributed by atoms with E-state index in [4.69, 9.17) is 4.74 Å². The molecular weight excluding hydrogens is 282 g/mol. The van der Waals surface area contributed by atoms with Gasteiger partial charge < -0.3 is 10.1 Å². The van der Waals surface area contributed by atoms with Gasteiger partial charge in [-0.2, -0.15) is 5.10 Å². The Balaban J connectivity index is 1.77. The average molecular weight is 303 g/mol. The van der Waals surface area contributed by atoms with Gasteiger partial charge in [0.05, 0.1) is 5.52 Å². The summed E-state index contributed by atoms with van der Waals surface area (Å²) in [5.74, 6) is -0.886. The van der Waals surface area contributed by atoms with Crippen LogP contribution in [-0.2, 0) is 9.53 Å². The van der Waals surface area contributed by atoms with E-state index in [9.17, 15) is 9.59 Å². The second-order valence-corrected chi connectivity index (χ2v) is 5.10. The third-order valence-electron chi connectivity index (χ3n) is 3.35. The molecule has 0 aliphatic carbocycles. The van der Waals surface area contributed by atoms with Gasteiger partial charge in [-0.05, 0) is 12.5 Å². The quantitative estimate of drug-likeness (QED) is 0.579. The van der Waals surface area contributed by atoms with Crippen molar-refractivity contribution < 1.29 is 14.3 Å². The second kappa shape index (κ2) is 8.17. The van der Waals surface area contributed by atoms with Gasteiger partial charge in [-0.3, -0.25) is 9.89 Å². The molecule has 1 amide bonds. The van der Waals surface area contributed by atoms with E-state index in [1.54, 1.807) is 6.07 Å². The van der Waals surface area contributed by atoms with Crippen LogP contribution in [0.5, 0.6) is 0 Å². The third kappa shape index (κ3) is 4.31. The summed E-state index contributed by atoms with van der Waals surface area (Å²) in [5, 5.41) is 10.1. The Morgan fingerprint density at radius 1 is 1.23 bits per heavy atom. The van der Waals surface area contributed by atoms with E-state index in [0.29, 0.717) is 11.9 Å². The van der Waals surface area contributed by atoms with Gasteiger partial charge in [-0.15, -0.1) is 0 Å². The van der Waals surface area contributed by atoms with Crippen LogP contribution in [0, 0.1) is 0 Å². The highest BCUT2D eigenvalue weighted by atomic mass is 16.5. The number of carbonyl (C=O) groups is 2.